The molecule has 1 N–H and O–H groups in total. The van der Waals surface area contributed by atoms with E-state index in [-0.39, 0.29) is 28.1 Å². The molecule has 0 aliphatic carbocycles. The lowest BCUT2D eigenvalue weighted by atomic mass is 10.00. The van der Waals surface area contributed by atoms with Crippen molar-refractivity contribution in [2.45, 2.75) is 44.3 Å². The fraction of sp³-hybridized carbons (Fsp3) is 0.308. The third-order valence-corrected chi connectivity index (χ3v) is 5.71. The zero-order chi connectivity index (χ0) is 30.8. The zero-order valence-corrected chi connectivity index (χ0v) is 21.0. The highest BCUT2D eigenvalue weighted by atomic mass is 19.4. The molecule has 0 saturated heterocycles. The van der Waals surface area contributed by atoms with Crippen molar-refractivity contribution in [1.82, 2.24) is 0 Å². The van der Waals surface area contributed by atoms with Crippen LogP contribution in [0.1, 0.15) is 12.5 Å². The van der Waals surface area contributed by atoms with E-state index < -0.39 is 48.9 Å². The third kappa shape index (κ3) is 7.65. The van der Waals surface area contributed by atoms with Crippen molar-refractivity contribution in [3.8, 4) is 28.4 Å². The molecule has 5 nitrogen and oxygen atoms in total. The van der Waals surface area contributed by atoms with Crippen LogP contribution in [-0.2, 0) is 6.61 Å². The summed E-state index contributed by atoms with van der Waals surface area (Å²) >= 11 is 0. The first-order valence-corrected chi connectivity index (χ1v) is 11.4. The van der Waals surface area contributed by atoms with Gasteiger partial charge in [0.1, 0.15) is 23.9 Å². The van der Waals surface area contributed by atoms with Gasteiger partial charge in [-0.2, -0.15) is 30.7 Å². The average Bonchev–Trinajstić information content (AvgIpc) is 2.85. The number of rotatable bonds is 10. The van der Waals surface area contributed by atoms with Gasteiger partial charge in [-0.1, -0.05) is 30.3 Å². The van der Waals surface area contributed by atoms with Gasteiger partial charge in [-0.15, -0.1) is 13.2 Å². The second kappa shape index (κ2) is 11.5. The first kappa shape index (κ1) is 31.6. The number of hydrogen-bond acceptors (Lipinski definition) is 5. The maximum atomic E-state index is 13.7. The normalized spacial score (nSPS) is 14.0. The number of aliphatic hydroxyl groups is 1. The Labute approximate surface area is 226 Å². The van der Waals surface area contributed by atoms with E-state index in [1.54, 1.807) is 0 Å². The second-order valence-electron chi connectivity index (χ2n) is 8.70. The van der Waals surface area contributed by atoms with Crippen LogP contribution in [0, 0.1) is 0 Å². The molecule has 224 valence electrons. The molecule has 0 aliphatic rings. The molecule has 3 aromatic carbocycles. The third-order valence-electron chi connectivity index (χ3n) is 5.71. The lowest BCUT2D eigenvalue weighted by Crippen LogP contribution is -2.55. The minimum atomic E-state index is -5.18. The molecule has 41 heavy (non-hydrogen) atoms. The molecular weight excluding hydrogens is 580 g/mol. The number of hydrogen-bond donors (Lipinski definition) is 1. The Morgan fingerprint density at radius 3 is 1.98 bits per heavy atom. The van der Waals surface area contributed by atoms with Crippen molar-refractivity contribution in [3.05, 3.63) is 72.3 Å². The van der Waals surface area contributed by atoms with Crippen LogP contribution in [0.2, 0.25) is 0 Å². The molecule has 0 aliphatic heterocycles. The molecule has 0 spiro atoms. The van der Waals surface area contributed by atoms with E-state index in [9.17, 15) is 49.0 Å². The average molecular weight is 601 g/mol. The minimum Gasteiger partial charge on any atom is -0.488 e. The van der Waals surface area contributed by atoms with Gasteiger partial charge >= 0.3 is 25.1 Å². The Bertz CT molecular complexity index is 1340. The summed E-state index contributed by atoms with van der Waals surface area (Å²) in [5.41, 5.74) is -4.00. The summed E-state index contributed by atoms with van der Waals surface area (Å²) in [4.78, 5) is 0.425. The van der Waals surface area contributed by atoms with Crippen molar-refractivity contribution in [2.75, 3.05) is 11.9 Å². The highest BCUT2D eigenvalue weighted by Crippen LogP contribution is 2.44. The fourth-order valence-electron chi connectivity index (χ4n) is 3.54. The summed E-state index contributed by atoms with van der Waals surface area (Å²) < 4.78 is 145. The summed E-state index contributed by atoms with van der Waals surface area (Å²) in [6, 6.07) is 12.3. The van der Waals surface area contributed by atoms with Crippen LogP contribution in [0.25, 0.3) is 11.1 Å². The number of benzene rings is 3. The molecule has 0 radical (unpaired) electrons. The van der Waals surface area contributed by atoms with Gasteiger partial charge in [-0.3, -0.25) is 0 Å². The van der Waals surface area contributed by atoms with E-state index in [1.807, 2.05) is 0 Å². The number of ether oxygens (including phenoxy) is 3. The Kier molecular flexibility index (Phi) is 8.91. The van der Waals surface area contributed by atoms with E-state index >= 15 is 0 Å². The molecule has 0 fully saturated rings. The second-order valence-corrected chi connectivity index (χ2v) is 8.70. The summed E-state index contributed by atoms with van der Waals surface area (Å²) in [7, 11) is 0.888. The lowest BCUT2D eigenvalue weighted by Gasteiger charge is -2.38. The topological polar surface area (TPSA) is 51.2 Å². The van der Waals surface area contributed by atoms with Gasteiger partial charge in [0, 0.05) is 12.6 Å². The van der Waals surface area contributed by atoms with Crippen LogP contribution in [0.4, 0.5) is 49.6 Å². The first-order valence-electron chi connectivity index (χ1n) is 11.4. The van der Waals surface area contributed by atoms with Crippen molar-refractivity contribution in [3.63, 3.8) is 0 Å². The van der Waals surface area contributed by atoms with Crippen molar-refractivity contribution < 1.29 is 63.2 Å². The minimum absolute atomic E-state index is 0.142. The largest absolute Gasteiger partial charge is 0.573 e. The molecule has 0 amide bonds. The van der Waals surface area contributed by atoms with Crippen LogP contribution in [-0.4, -0.2) is 43.0 Å². The van der Waals surface area contributed by atoms with Gasteiger partial charge in [0.05, 0.1) is 5.69 Å². The van der Waals surface area contributed by atoms with Crippen molar-refractivity contribution >= 4 is 5.69 Å². The number of nitrogens with zero attached hydrogens (tertiary/aromatic N) is 1. The van der Waals surface area contributed by atoms with Gasteiger partial charge in [0.25, 0.3) is 0 Å². The summed E-state index contributed by atoms with van der Waals surface area (Å²) in [6.45, 7) is 0.0176. The molecule has 1 atom stereocenters. The number of halogens is 10. The van der Waals surface area contributed by atoms with E-state index in [1.165, 1.54) is 30.3 Å². The van der Waals surface area contributed by atoms with Gasteiger partial charge in [0.2, 0.25) is 5.72 Å². The SMILES string of the molecule is CN(c1cccc(OCc2cccc(OC(F)(F)F)c2)c1-c1cccc(OC(F)(F)C(F)F)c1)C(C)(O)C(F)(F)F. The number of alkyl halides is 10. The Balaban J connectivity index is 2.09. The molecule has 1 unspecified atom stereocenters. The van der Waals surface area contributed by atoms with Crippen LogP contribution < -0.4 is 19.1 Å². The van der Waals surface area contributed by atoms with Crippen molar-refractivity contribution in [1.29, 1.82) is 0 Å². The molecule has 0 heterocycles. The quantitative estimate of drug-likeness (QED) is 0.190. The number of anilines is 1. The predicted molar refractivity (Wildman–Crippen MR) is 126 cm³/mol. The predicted octanol–water partition coefficient (Wildman–Crippen LogP) is 7.77. The van der Waals surface area contributed by atoms with Crippen LogP contribution in [0.5, 0.6) is 17.2 Å². The molecule has 0 bridgehead atoms. The van der Waals surface area contributed by atoms with E-state index in [0.717, 1.165) is 43.4 Å². The summed E-state index contributed by atoms with van der Waals surface area (Å²) in [5.74, 6) is -1.54. The monoisotopic (exact) mass is 601 g/mol. The molecule has 3 rings (SSSR count). The van der Waals surface area contributed by atoms with Crippen molar-refractivity contribution in [2.24, 2.45) is 0 Å². The van der Waals surface area contributed by atoms with E-state index in [2.05, 4.69) is 9.47 Å². The van der Waals surface area contributed by atoms with Crippen LogP contribution in [0.15, 0.2) is 66.7 Å². The maximum absolute atomic E-state index is 13.7. The van der Waals surface area contributed by atoms with Gasteiger partial charge < -0.3 is 24.2 Å². The van der Waals surface area contributed by atoms with E-state index in [4.69, 9.17) is 4.74 Å². The van der Waals surface area contributed by atoms with Gasteiger partial charge in [-0.05, 0) is 54.4 Å². The Morgan fingerprint density at radius 2 is 1.39 bits per heavy atom. The molecule has 15 heteroatoms. The lowest BCUT2D eigenvalue weighted by molar-refractivity contribution is -0.274. The Hall–Kier alpha value is -3.88. The highest BCUT2D eigenvalue weighted by molar-refractivity contribution is 5.84. The highest BCUT2D eigenvalue weighted by Gasteiger charge is 2.53. The van der Waals surface area contributed by atoms with Crippen LogP contribution >= 0.6 is 0 Å². The summed E-state index contributed by atoms with van der Waals surface area (Å²) in [5, 5.41) is 10.3. The summed E-state index contributed by atoms with van der Waals surface area (Å²) in [6.07, 6.45) is -19.2. The fourth-order valence-corrected chi connectivity index (χ4v) is 3.54. The molecule has 0 saturated carbocycles. The van der Waals surface area contributed by atoms with Gasteiger partial charge in [0.15, 0.2) is 0 Å². The molecule has 0 aromatic heterocycles. The zero-order valence-electron chi connectivity index (χ0n) is 21.0. The van der Waals surface area contributed by atoms with E-state index in [0.29, 0.717) is 11.8 Å². The van der Waals surface area contributed by atoms with Gasteiger partial charge in [-0.25, -0.2) is 0 Å². The standard InChI is InChI=1S/C26H21F10NO4/c1-23(38,25(31,32)33)37(2)19-10-5-11-20(39-14-15-6-3-8-17(12-15)41-26(34,35)36)21(19)16-7-4-9-18(13-16)40-24(29,30)22(27)28/h3-13,22,38H,14H2,1-2H3. The maximum Gasteiger partial charge on any atom is 0.573 e. The smallest absolute Gasteiger partial charge is 0.488 e. The van der Waals surface area contributed by atoms with Crippen LogP contribution in [0.3, 0.4) is 0 Å². The molecular formula is C26H21F10NO4. The first-order chi connectivity index (χ1) is 18.8. The molecule has 3 aromatic rings. The Morgan fingerprint density at radius 1 is 0.805 bits per heavy atom.